The summed E-state index contributed by atoms with van der Waals surface area (Å²) in [4.78, 5) is 16.7. The number of fused-ring (bicyclic) bond motifs is 1. The highest BCUT2D eigenvalue weighted by atomic mass is 16.1. The number of imidazole rings is 1. The first-order valence-corrected chi connectivity index (χ1v) is 13.4. The summed E-state index contributed by atoms with van der Waals surface area (Å²) >= 11 is 0. The molecule has 0 aliphatic carbocycles. The third kappa shape index (κ3) is 9.34. The number of carbonyl (C=O) groups excluding carboxylic acids is 1. The van der Waals surface area contributed by atoms with Gasteiger partial charge in [-0.2, -0.15) is 0 Å². The average molecular weight is 442 g/mol. The van der Waals surface area contributed by atoms with Crippen molar-refractivity contribution < 1.29 is 4.79 Å². The van der Waals surface area contributed by atoms with Crippen LogP contribution in [-0.4, -0.2) is 15.5 Å². The molecule has 0 radical (unpaired) electrons. The number of benzene rings is 1. The second-order valence-corrected chi connectivity index (χ2v) is 9.35. The lowest BCUT2D eigenvalue weighted by molar-refractivity contribution is -0.121. The van der Waals surface area contributed by atoms with E-state index in [4.69, 9.17) is 4.98 Å². The molecule has 0 fully saturated rings. The number of unbranched alkanes of at least 4 members (excludes halogenated alkanes) is 13. The fourth-order valence-corrected chi connectivity index (χ4v) is 4.53. The molecule has 1 amide bonds. The lowest BCUT2D eigenvalue weighted by Gasteiger charge is -2.16. The quantitative estimate of drug-likeness (QED) is 0.237. The zero-order chi connectivity index (χ0) is 23.0. The van der Waals surface area contributed by atoms with Crippen LogP contribution in [0.5, 0.6) is 0 Å². The molecule has 180 valence electrons. The van der Waals surface area contributed by atoms with Crippen molar-refractivity contribution in [2.45, 2.75) is 130 Å². The maximum absolute atomic E-state index is 11.9. The van der Waals surface area contributed by atoms with Crippen molar-refractivity contribution in [3.05, 3.63) is 30.1 Å². The first-order valence-electron chi connectivity index (χ1n) is 13.4. The van der Waals surface area contributed by atoms with E-state index in [2.05, 4.69) is 35.0 Å². The largest absolute Gasteiger partial charge is 0.346 e. The van der Waals surface area contributed by atoms with Gasteiger partial charge in [-0.3, -0.25) is 4.79 Å². The van der Waals surface area contributed by atoms with Gasteiger partial charge in [-0.05, 0) is 25.5 Å². The molecule has 1 atom stereocenters. The number of amides is 1. The minimum Gasteiger partial charge on any atom is -0.346 e. The third-order valence-corrected chi connectivity index (χ3v) is 6.51. The van der Waals surface area contributed by atoms with Crippen molar-refractivity contribution in [3.63, 3.8) is 0 Å². The number of aromatic nitrogens is 2. The molecule has 1 N–H and O–H groups in total. The summed E-state index contributed by atoms with van der Waals surface area (Å²) in [6.45, 7) is 7.18. The Morgan fingerprint density at radius 3 is 1.94 bits per heavy atom. The lowest BCUT2D eigenvalue weighted by atomic mass is 10.0. The van der Waals surface area contributed by atoms with Crippen molar-refractivity contribution in [1.82, 2.24) is 14.9 Å². The van der Waals surface area contributed by atoms with E-state index < -0.39 is 0 Å². The Balaban J connectivity index is 1.65. The first kappa shape index (κ1) is 26.4. The van der Waals surface area contributed by atoms with E-state index in [0.29, 0.717) is 6.42 Å². The van der Waals surface area contributed by atoms with Crippen LogP contribution in [0.4, 0.5) is 0 Å². The fourth-order valence-electron chi connectivity index (χ4n) is 4.53. The van der Waals surface area contributed by atoms with Gasteiger partial charge >= 0.3 is 0 Å². The van der Waals surface area contributed by atoms with Crippen LogP contribution in [0.3, 0.4) is 0 Å². The molecule has 4 nitrogen and oxygen atoms in total. The van der Waals surface area contributed by atoms with Crippen LogP contribution in [0.1, 0.15) is 129 Å². The topological polar surface area (TPSA) is 46.9 Å². The maximum atomic E-state index is 11.9. The van der Waals surface area contributed by atoms with E-state index in [1.165, 1.54) is 95.4 Å². The van der Waals surface area contributed by atoms with Crippen LogP contribution in [0.25, 0.3) is 11.0 Å². The fraction of sp³-hybridized carbons (Fsp3) is 0.714. The predicted molar refractivity (Wildman–Crippen MR) is 137 cm³/mol. The van der Waals surface area contributed by atoms with E-state index in [-0.39, 0.29) is 11.9 Å². The second-order valence-electron chi connectivity index (χ2n) is 9.35. The van der Waals surface area contributed by atoms with Crippen molar-refractivity contribution in [1.29, 1.82) is 0 Å². The van der Waals surface area contributed by atoms with Gasteiger partial charge in [0.25, 0.3) is 0 Å². The number of hydrogen-bond donors (Lipinski definition) is 1. The number of nitrogens with zero attached hydrogens (tertiary/aromatic N) is 2. The van der Waals surface area contributed by atoms with Gasteiger partial charge in [-0.1, -0.05) is 109 Å². The zero-order valence-electron chi connectivity index (χ0n) is 21.0. The summed E-state index contributed by atoms with van der Waals surface area (Å²) in [5, 5.41) is 3.08. The molecule has 1 aromatic heterocycles. The highest BCUT2D eigenvalue weighted by Gasteiger charge is 2.17. The van der Waals surface area contributed by atoms with Gasteiger partial charge in [-0.15, -0.1) is 0 Å². The SMILES string of the molecule is CCCCCCCCCCCCCCCCn1c(C(C)NC(=O)CC)nc2ccccc21. The number of rotatable bonds is 18. The number of hydrogen-bond acceptors (Lipinski definition) is 2. The standard InChI is InChI=1S/C28H47N3O/c1-4-6-7-8-9-10-11-12-13-14-15-16-17-20-23-31-26-22-19-18-21-25(26)30-28(31)24(3)29-27(32)5-2/h18-19,21-22,24H,4-17,20,23H2,1-3H3,(H,29,32). The molecule has 0 bridgehead atoms. The zero-order valence-corrected chi connectivity index (χ0v) is 21.0. The van der Waals surface area contributed by atoms with Crippen LogP contribution in [0.15, 0.2) is 24.3 Å². The van der Waals surface area contributed by atoms with E-state index in [1.54, 1.807) is 0 Å². The van der Waals surface area contributed by atoms with E-state index in [0.717, 1.165) is 17.9 Å². The Kier molecular flexibility index (Phi) is 13.1. The highest BCUT2D eigenvalue weighted by molar-refractivity contribution is 5.77. The lowest BCUT2D eigenvalue weighted by Crippen LogP contribution is -2.28. The molecule has 2 aromatic rings. The normalized spacial score (nSPS) is 12.3. The number of para-hydroxylation sites is 2. The van der Waals surface area contributed by atoms with Crippen molar-refractivity contribution in [2.75, 3.05) is 0 Å². The van der Waals surface area contributed by atoms with Gasteiger partial charge in [-0.25, -0.2) is 4.98 Å². The smallest absolute Gasteiger partial charge is 0.220 e. The van der Waals surface area contributed by atoms with Gasteiger partial charge in [0, 0.05) is 13.0 Å². The predicted octanol–water partition coefficient (Wildman–Crippen LogP) is 8.10. The number of carbonyl (C=O) groups is 1. The molecule has 1 unspecified atom stereocenters. The maximum Gasteiger partial charge on any atom is 0.220 e. The van der Waals surface area contributed by atoms with E-state index in [1.807, 2.05) is 19.9 Å². The van der Waals surface area contributed by atoms with Crippen molar-refractivity contribution in [3.8, 4) is 0 Å². The summed E-state index contributed by atoms with van der Waals surface area (Å²) in [7, 11) is 0. The molecule has 32 heavy (non-hydrogen) atoms. The van der Waals surface area contributed by atoms with E-state index >= 15 is 0 Å². The number of aryl methyl sites for hydroxylation is 1. The Morgan fingerprint density at radius 2 is 1.38 bits per heavy atom. The minimum atomic E-state index is -0.0681. The molecule has 1 aromatic carbocycles. The molecule has 0 saturated heterocycles. The summed E-state index contributed by atoms with van der Waals surface area (Å²) in [6, 6.07) is 8.25. The molecule has 0 saturated carbocycles. The molecule has 0 aliphatic heterocycles. The minimum absolute atomic E-state index is 0.0681. The molecule has 0 spiro atoms. The van der Waals surface area contributed by atoms with Gasteiger partial charge in [0.2, 0.25) is 5.91 Å². The van der Waals surface area contributed by atoms with Gasteiger partial charge in [0.05, 0.1) is 17.1 Å². The Bertz CT molecular complexity index is 767. The first-order chi connectivity index (χ1) is 15.7. The van der Waals surface area contributed by atoms with Gasteiger partial charge in [0.1, 0.15) is 5.82 Å². The van der Waals surface area contributed by atoms with Gasteiger partial charge in [0.15, 0.2) is 0 Å². The average Bonchev–Trinajstić information content (AvgIpc) is 3.18. The van der Waals surface area contributed by atoms with Crippen LogP contribution in [-0.2, 0) is 11.3 Å². The van der Waals surface area contributed by atoms with Crippen LogP contribution >= 0.6 is 0 Å². The third-order valence-electron chi connectivity index (χ3n) is 6.51. The summed E-state index contributed by atoms with van der Waals surface area (Å²) in [5.41, 5.74) is 2.19. The summed E-state index contributed by atoms with van der Waals surface area (Å²) in [6.07, 6.45) is 19.7. The molecule has 0 aliphatic rings. The summed E-state index contributed by atoms with van der Waals surface area (Å²) in [5.74, 6) is 1.05. The highest BCUT2D eigenvalue weighted by Crippen LogP contribution is 2.22. The van der Waals surface area contributed by atoms with Crippen molar-refractivity contribution in [2.24, 2.45) is 0 Å². The van der Waals surface area contributed by atoms with Crippen molar-refractivity contribution >= 4 is 16.9 Å². The summed E-state index contributed by atoms with van der Waals surface area (Å²) < 4.78 is 2.32. The van der Waals surface area contributed by atoms with E-state index in [9.17, 15) is 4.79 Å². The Labute approximate surface area is 196 Å². The molecule has 2 rings (SSSR count). The molecule has 4 heteroatoms. The van der Waals surface area contributed by atoms with Gasteiger partial charge < -0.3 is 9.88 Å². The molecular formula is C28H47N3O. The molecule has 1 heterocycles. The molecular weight excluding hydrogens is 394 g/mol. The monoisotopic (exact) mass is 441 g/mol. The Hall–Kier alpha value is -1.84. The van der Waals surface area contributed by atoms with Crippen LogP contribution in [0.2, 0.25) is 0 Å². The van der Waals surface area contributed by atoms with Crippen LogP contribution in [0, 0.1) is 0 Å². The number of nitrogens with one attached hydrogen (secondary N) is 1. The second kappa shape index (κ2) is 15.9. The van der Waals surface area contributed by atoms with Crippen LogP contribution < -0.4 is 5.32 Å². The Morgan fingerprint density at radius 1 is 0.844 bits per heavy atom.